The Morgan fingerprint density at radius 3 is 2.38 bits per heavy atom. The van der Waals surface area contributed by atoms with E-state index in [1.165, 1.54) is 0 Å². The van der Waals surface area contributed by atoms with Crippen molar-refractivity contribution in [3.63, 3.8) is 0 Å². The van der Waals surface area contributed by atoms with Crippen LogP contribution in [0.25, 0.3) is 17.0 Å². The zero-order valence-corrected chi connectivity index (χ0v) is 21.2. The van der Waals surface area contributed by atoms with Crippen LogP contribution in [0.2, 0.25) is 0 Å². The van der Waals surface area contributed by atoms with Crippen LogP contribution in [0.1, 0.15) is 42.7 Å². The number of phenols is 1. The second-order valence-corrected chi connectivity index (χ2v) is 10.3. The van der Waals surface area contributed by atoms with Crippen molar-refractivity contribution in [1.82, 2.24) is 14.8 Å². The Labute approximate surface area is 223 Å². The fraction of sp³-hybridized carbons (Fsp3) is 0.379. The molecule has 7 nitrogen and oxygen atoms in total. The van der Waals surface area contributed by atoms with Crippen molar-refractivity contribution < 1.29 is 33.0 Å². The van der Waals surface area contributed by atoms with E-state index in [0.717, 1.165) is 53.6 Å². The second kappa shape index (κ2) is 11.1. The van der Waals surface area contributed by atoms with E-state index in [0.29, 0.717) is 39.0 Å². The van der Waals surface area contributed by atoms with Gasteiger partial charge in [0.2, 0.25) is 5.91 Å². The van der Waals surface area contributed by atoms with Crippen molar-refractivity contribution in [2.75, 3.05) is 26.2 Å². The van der Waals surface area contributed by atoms with Crippen LogP contribution in [0.15, 0.2) is 42.6 Å². The van der Waals surface area contributed by atoms with E-state index in [1.807, 2.05) is 17.2 Å². The molecule has 1 unspecified atom stereocenters. The Balaban J connectivity index is 1.18. The first-order valence-electron chi connectivity index (χ1n) is 13.1. The molecular weight excluding hydrogens is 511 g/mol. The molecule has 2 saturated heterocycles. The highest BCUT2D eigenvalue weighted by Gasteiger charge is 2.38. The molecule has 206 valence electrons. The van der Waals surface area contributed by atoms with Crippen LogP contribution in [-0.2, 0) is 9.59 Å². The van der Waals surface area contributed by atoms with E-state index in [1.54, 1.807) is 17.0 Å². The molecule has 1 amide bonds. The quantitative estimate of drug-likeness (QED) is 0.306. The number of hydrogen-bond acceptors (Lipinski definition) is 4. The van der Waals surface area contributed by atoms with Crippen LogP contribution in [0.5, 0.6) is 5.75 Å². The Morgan fingerprint density at radius 2 is 1.69 bits per heavy atom. The maximum Gasteiger partial charge on any atom is 0.321 e. The largest absolute Gasteiger partial charge is 0.508 e. The number of H-pyrrole nitrogens is 1. The smallest absolute Gasteiger partial charge is 0.321 e. The van der Waals surface area contributed by atoms with Gasteiger partial charge in [-0.2, -0.15) is 0 Å². The number of nitrogens with zero attached hydrogens (tertiary/aromatic N) is 2. The van der Waals surface area contributed by atoms with Crippen LogP contribution in [-0.4, -0.2) is 69.1 Å². The molecular formula is C29H30F3N3O4. The molecule has 3 aromatic rings. The molecule has 2 fully saturated rings. The molecule has 0 bridgehead atoms. The molecule has 3 N–H and O–H groups in total. The minimum absolute atomic E-state index is 0.124. The molecule has 0 radical (unpaired) electrons. The van der Waals surface area contributed by atoms with Crippen molar-refractivity contribution in [3.8, 4) is 5.75 Å². The van der Waals surface area contributed by atoms with E-state index in [2.05, 4.69) is 4.98 Å². The minimum Gasteiger partial charge on any atom is -0.508 e. The molecule has 2 aromatic carbocycles. The summed E-state index contributed by atoms with van der Waals surface area (Å²) >= 11 is 0. The van der Waals surface area contributed by atoms with Gasteiger partial charge in [0.15, 0.2) is 17.5 Å². The summed E-state index contributed by atoms with van der Waals surface area (Å²) in [5.41, 5.74) is 1.87. The molecule has 0 aliphatic carbocycles. The van der Waals surface area contributed by atoms with Crippen LogP contribution in [0.3, 0.4) is 0 Å². The van der Waals surface area contributed by atoms with Crippen LogP contribution < -0.4 is 0 Å². The number of benzene rings is 2. The number of likely N-dealkylation sites (tertiary alicyclic amines) is 2. The topological polar surface area (TPSA) is 96.9 Å². The number of amides is 1. The van der Waals surface area contributed by atoms with Gasteiger partial charge in [0.05, 0.1) is 0 Å². The monoisotopic (exact) mass is 541 g/mol. The van der Waals surface area contributed by atoms with Crippen molar-refractivity contribution >= 4 is 28.9 Å². The van der Waals surface area contributed by atoms with Gasteiger partial charge in [0.25, 0.3) is 0 Å². The van der Waals surface area contributed by atoms with Gasteiger partial charge < -0.3 is 20.1 Å². The SMILES string of the molecule is O=C(O)C(C1CCN(C(=O)C=Cc2ccc(F)c(F)c2F)CC1)N1CCC(c2c[nH]c3ccc(O)cc23)CC1. The highest BCUT2D eigenvalue weighted by molar-refractivity contribution is 5.92. The van der Waals surface area contributed by atoms with Crippen LogP contribution >= 0.6 is 0 Å². The number of aromatic nitrogens is 1. The van der Waals surface area contributed by atoms with Crippen molar-refractivity contribution in [2.45, 2.75) is 37.6 Å². The lowest BCUT2D eigenvalue weighted by Crippen LogP contribution is -2.52. The van der Waals surface area contributed by atoms with Gasteiger partial charge in [-0.15, -0.1) is 0 Å². The lowest BCUT2D eigenvalue weighted by atomic mass is 9.84. The number of hydrogen-bond donors (Lipinski definition) is 3. The first kappa shape index (κ1) is 26.8. The second-order valence-electron chi connectivity index (χ2n) is 10.3. The van der Waals surface area contributed by atoms with Crippen molar-refractivity contribution in [2.24, 2.45) is 5.92 Å². The molecule has 39 heavy (non-hydrogen) atoms. The first-order chi connectivity index (χ1) is 18.7. The fourth-order valence-corrected chi connectivity index (χ4v) is 5.98. The molecule has 3 heterocycles. The molecule has 5 rings (SSSR count). The molecule has 1 aromatic heterocycles. The number of aromatic hydroxyl groups is 1. The minimum atomic E-state index is -1.59. The van der Waals surface area contributed by atoms with E-state index in [4.69, 9.17) is 0 Å². The standard InChI is InChI=1S/C29H30F3N3O4/c30-23-4-1-18(26(31)27(23)32)2-6-25(37)34-11-9-19(10-12-34)28(29(38)39)35-13-7-17(8-14-35)22-16-33-24-5-3-20(36)15-21(22)24/h1-6,15-17,19,28,33,36H,7-14H2,(H,38,39). The Bertz CT molecular complexity index is 1410. The van der Waals surface area contributed by atoms with Gasteiger partial charge in [-0.25, -0.2) is 13.2 Å². The molecule has 0 spiro atoms. The Kier molecular flexibility index (Phi) is 7.65. The number of carboxylic acids is 1. The van der Waals surface area contributed by atoms with Gasteiger partial charge in [-0.1, -0.05) is 0 Å². The summed E-state index contributed by atoms with van der Waals surface area (Å²) in [7, 11) is 0. The predicted molar refractivity (Wildman–Crippen MR) is 140 cm³/mol. The third-order valence-electron chi connectivity index (χ3n) is 8.08. The number of phenolic OH excluding ortho intramolecular Hbond substituents is 1. The number of rotatable bonds is 6. The normalized spacial score (nSPS) is 18.7. The van der Waals surface area contributed by atoms with Gasteiger partial charge in [0, 0.05) is 41.8 Å². The highest BCUT2D eigenvalue weighted by Crippen LogP contribution is 2.36. The lowest BCUT2D eigenvalue weighted by molar-refractivity contribution is -0.147. The predicted octanol–water partition coefficient (Wildman–Crippen LogP) is 4.88. The van der Waals surface area contributed by atoms with E-state index < -0.39 is 35.4 Å². The third-order valence-corrected chi connectivity index (χ3v) is 8.08. The number of piperidine rings is 2. The summed E-state index contributed by atoms with van der Waals surface area (Å²) in [4.78, 5) is 31.8. The average Bonchev–Trinajstić information content (AvgIpc) is 3.35. The molecule has 1 atom stereocenters. The number of carbonyl (C=O) groups excluding carboxylic acids is 1. The van der Waals surface area contributed by atoms with Crippen molar-refractivity contribution in [1.29, 1.82) is 0 Å². The summed E-state index contributed by atoms with van der Waals surface area (Å²) < 4.78 is 40.4. The molecule has 2 aliphatic heterocycles. The number of carboxylic acid groups (broad SMARTS) is 1. The van der Waals surface area contributed by atoms with Gasteiger partial charge in [0.1, 0.15) is 11.8 Å². The zero-order chi connectivity index (χ0) is 27.7. The Hall–Kier alpha value is -3.79. The van der Waals surface area contributed by atoms with Gasteiger partial charge in [-0.3, -0.25) is 14.5 Å². The Morgan fingerprint density at radius 1 is 0.974 bits per heavy atom. The highest BCUT2D eigenvalue weighted by atomic mass is 19.2. The first-order valence-corrected chi connectivity index (χ1v) is 13.1. The summed E-state index contributed by atoms with van der Waals surface area (Å²) in [6.45, 7) is 1.98. The number of fused-ring (bicyclic) bond motifs is 1. The number of aliphatic carboxylic acids is 1. The molecule has 0 saturated carbocycles. The maximum atomic E-state index is 13.9. The number of aromatic amines is 1. The van der Waals surface area contributed by atoms with E-state index >= 15 is 0 Å². The van der Waals surface area contributed by atoms with E-state index in [9.17, 15) is 33.0 Å². The third kappa shape index (κ3) is 5.52. The average molecular weight is 542 g/mol. The summed E-state index contributed by atoms with van der Waals surface area (Å²) in [5.74, 6) is -5.16. The van der Waals surface area contributed by atoms with E-state index in [-0.39, 0.29) is 23.1 Å². The maximum absolute atomic E-state index is 13.9. The summed E-state index contributed by atoms with van der Waals surface area (Å²) in [5, 5.41) is 21.0. The molecule has 2 aliphatic rings. The van der Waals surface area contributed by atoms with Gasteiger partial charge in [-0.05, 0) is 92.6 Å². The number of nitrogens with one attached hydrogen (secondary N) is 1. The lowest BCUT2D eigenvalue weighted by Gasteiger charge is -2.41. The summed E-state index contributed by atoms with van der Waals surface area (Å²) in [6, 6.07) is 6.46. The zero-order valence-electron chi connectivity index (χ0n) is 21.2. The summed E-state index contributed by atoms with van der Waals surface area (Å²) in [6.07, 6.45) is 6.84. The van der Waals surface area contributed by atoms with Gasteiger partial charge >= 0.3 is 5.97 Å². The number of carbonyl (C=O) groups is 2. The van der Waals surface area contributed by atoms with Crippen LogP contribution in [0, 0.1) is 23.4 Å². The fourth-order valence-electron chi connectivity index (χ4n) is 5.98. The number of halogens is 3. The van der Waals surface area contributed by atoms with Crippen molar-refractivity contribution in [3.05, 3.63) is 71.2 Å². The van der Waals surface area contributed by atoms with Crippen LogP contribution in [0.4, 0.5) is 13.2 Å². The molecule has 10 heteroatoms.